The predicted molar refractivity (Wildman–Crippen MR) is 546 cm³/mol. The molecule has 0 aromatic heterocycles. The highest BCUT2D eigenvalue weighted by molar-refractivity contribution is 7.48. The number of rotatable bonds is 84. The van der Waals surface area contributed by atoms with E-state index in [9.17, 15) is 29.1 Å². The van der Waals surface area contributed by atoms with Gasteiger partial charge in [0.05, 0.1) is 58.2 Å². The molecule has 5 rings (SSSR count). The second-order valence-electron chi connectivity index (χ2n) is 39.2. The van der Waals surface area contributed by atoms with Crippen molar-refractivity contribution in [1.82, 2.24) is 10.6 Å². The van der Waals surface area contributed by atoms with Gasteiger partial charge in [0, 0.05) is 19.3 Å². The molecule has 135 heavy (non-hydrogen) atoms. The molecular weight excluding hydrogens is 1740 g/mol. The summed E-state index contributed by atoms with van der Waals surface area (Å²) in [6, 6.07) is 35.0. The third-order valence-corrected chi connectivity index (χ3v) is 32.4. The number of carbonyl (C=O) groups excluding carboxylic acids is 6. The summed E-state index contributed by atoms with van der Waals surface area (Å²) in [5.41, 5.74) is 1.21. The topological polar surface area (TPSA) is 273 Å². The van der Waals surface area contributed by atoms with Crippen LogP contribution in [-0.2, 0) is 97.8 Å². The van der Waals surface area contributed by atoms with E-state index in [-0.39, 0.29) is 45.3 Å². The number of phosphoric ester groups is 1. The second kappa shape index (κ2) is 74.4. The van der Waals surface area contributed by atoms with Crippen LogP contribution in [0.2, 0.25) is 5.04 Å². The van der Waals surface area contributed by atoms with Gasteiger partial charge in [0.25, 0.3) is 8.32 Å². The molecule has 2 amide bonds. The zero-order valence-corrected chi connectivity index (χ0v) is 87.2. The van der Waals surface area contributed by atoms with Crippen LogP contribution in [0.15, 0.2) is 121 Å². The van der Waals surface area contributed by atoms with E-state index in [4.69, 9.17) is 46.4 Å². The Kier molecular flexibility index (Phi) is 65.5. The van der Waals surface area contributed by atoms with Crippen LogP contribution in [0.1, 0.15) is 446 Å². The van der Waals surface area contributed by atoms with Gasteiger partial charge in [-0.3, -0.25) is 47.1 Å². The summed E-state index contributed by atoms with van der Waals surface area (Å²) in [4.78, 5) is 103. The van der Waals surface area contributed by atoms with E-state index < -0.39 is 144 Å². The summed E-state index contributed by atoms with van der Waals surface area (Å²) in [6.45, 7) is 17.9. The van der Waals surface area contributed by atoms with Crippen molar-refractivity contribution in [3.05, 3.63) is 132 Å². The summed E-state index contributed by atoms with van der Waals surface area (Å²) < 4.78 is 85.5. The molecule has 9 atom stereocenters. The molecule has 4 aromatic carbocycles. The van der Waals surface area contributed by atoms with Crippen LogP contribution in [0, 0.1) is 0 Å². The fourth-order valence-corrected chi connectivity index (χ4v) is 24.2. The Balaban J connectivity index is 1.80. The minimum atomic E-state index is -5.07. The van der Waals surface area contributed by atoms with Crippen LogP contribution in [0.5, 0.6) is 0 Å². The molecule has 0 spiro atoms. The summed E-state index contributed by atoms with van der Waals surface area (Å²) in [7, 11) is -8.75. The Labute approximate surface area is 817 Å². The highest BCUT2D eigenvalue weighted by atomic mass is 31.2. The van der Waals surface area contributed by atoms with Crippen LogP contribution >= 0.6 is 7.82 Å². The van der Waals surface area contributed by atoms with Gasteiger partial charge in [-0.25, -0.2) is 4.57 Å². The number of nitrogens with one attached hydrogen (secondary N) is 2. The number of amides is 2. The Morgan fingerprint density at radius 2 is 0.711 bits per heavy atom. The van der Waals surface area contributed by atoms with E-state index in [0.717, 1.165) is 235 Å². The lowest BCUT2D eigenvalue weighted by atomic mass is 9.95. The van der Waals surface area contributed by atoms with E-state index >= 15 is 14.2 Å². The first-order valence-electron chi connectivity index (χ1n) is 53.8. The average molecular weight is 1920 g/mol. The van der Waals surface area contributed by atoms with Crippen molar-refractivity contribution in [2.24, 2.45) is 0 Å². The number of carboxylic acids is 1. The molecule has 1 fully saturated rings. The first-order valence-corrected chi connectivity index (χ1v) is 57.2. The number of benzene rings is 4. The number of esters is 4. The summed E-state index contributed by atoms with van der Waals surface area (Å²) >= 11 is 0. The standard InChI is InChI=1S/C112H183N2O19PSi/c1-10-16-22-28-34-37-43-46-60-74-95(128-104(119)81-67-49-40-31-25-19-13-4)85-101(115)113-94(84-103(117)118)90-124-111-108(114-102(116)86-96(75-61-47-44-38-35-29-23-17-11-2)129-105(120)82-68-50-41-32-26-20-14-5)110(132-107(122)87-97(76-62-48-45-39-36-30-24-18-12-3)130-106(121)83-69-51-42-33-27-21-15-6)109(133-134(123,125-88-92-70-56-52-57-71-92)126-89-93-72-58-53-59-73-93)100(131-111)91-127-135(112(7,8)9,98-77-63-54-64-78-98)99-79-65-55-66-80-99/h52-59,63-66,70-73,77-80,94-97,100,108-111H,10-51,60-62,67-69,74-76,81-91H2,1-9H3,(H,113,115)(H,114,116)(H,117,118)/t94-,95-,96-,97-,100-,108-,109-,110-,111-/m1/s1. The molecule has 0 bridgehead atoms. The van der Waals surface area contributed by atoms with Gasteiger partial charge in [0.15, 0.2) is 12.4 Å². The van der Waals surface area contributed by atoms with Crippen molar-refractivity contribution in [3.8, 4) is 0 Å². The average Bonchev–Trinajstić information content (AvgIpc) is 0.740. The van der Waals surface area contributed by atoms with Crippen LogP contribution in [0.4, 0.5) is 0 Å². The Hall–Kier alpha value is -6.62. The monoisotopic (exact) mass is 1920 g/mol. The quantitative estimate of drug-likeness (QED) is 0.0122. The lowest BCUT2D eigenvalue weighted by Crippen LogP contribution is -2.70. The minimum Gasteiger partial charge on any atom is -0.481 e. The SMILES string of the molecule is CCCCCCCCCCC[C@H](CC(=O)N[C@@H](CO[C@@H]1O[C@H](CO[Si](c2ccccc2)(c2ccccc2)C(C)(C)C)[C@@H](OP(=O)(OCc2ccccc2)OCc2ccccc2)[C@H](OC(=O)C[C@@H](CCCCCCCCCCC)OC(=O)CCCCCCCCC)[C@H]1NC(=O)C[C@@H](CCCCCCCCCCC)OC(=O)CCCCCCCCC)CC(=O)O)OC(=O)CCCCCCCCC. The molecule has 0 unspecified atom stereocenters. The van der Waals surface area contributed by atoms with Crippen LogP contribution in [0.25, 0.3) is 0 Å². The smallest absolute Gasteiger partial charge is 0.475 e. The zero-order valence-electron chi connectivity index (χ0n) is 85.3. The number of hydrogen-bond donors (Lipinski definition) is 3. The number of carbonyl (C=O) groups is 7. The van der Waals surface area contributed by atoms with Gasteiger partial charge in [-0.2, -0.15) is 0 Å². The molecule has 1 aliphatic heterocycles. The number of carboxylic acid groups (broad SMARTS) is 1. The van der Waals surface area contributed by atoms with Crippen molar-refractivity contribution < 1.29 is 89.7 Å². The van der Waals surface area contributed by atoms with Gasteiger partial charge in [0.2, 0.25) is 11.8 Å². The number of aliphatic carboxylic acids is 1. The van der Waals surface area contributed by atoms with Crippen LogP contribution in [-0.4, -0.2) is 123 Å². The highest BCUT2D eigenvalue weighted by Gasteiger charge is 2.57. The van der Waals surface area contributed by atoms with E-state index in [1.54, 1.807) is 24.3 Å². The van der Waals surface area contributed by atoms with Gasteiger partial charge < -0.3 is 48.6 Å². The number of ether oxygens (including phenoxy) is 6. The third kappa shape index (κ3) is 53.0. The molecule has 23 heteroatoms. The Morgan fingerprint density at radius 3 is 1.05 bits per heavy atom. The largest absolute Gasteiger partial charge is 0.481 e. The molecule has 0 radical (unpaired) electrons. The number of hydrogen-bond acceptors (Lipinski definition) is 18. The van der Waals surface area contributed by atoms with E-state index in [0.29, 0.717) is 68.9 Å². The normalized spacial score (nSPS) is 16.1. The van der Waals surface area contributed by atoms with E-state index in [1.165, 1.54) is 44.9 Å². The number of phosphoric acid groups is 1. The Bertz CT molecular complexity index is 3660. The van der Waals surface area contributed by atoms with E-state index in [1.807, 2.05) is 97.1 Å². The molecule has 764 valence electrons. The fourth-order valence-electron chi connectivity index (χ4n) is 18.2. The lowest BCUT2D eigenvalue weighted by molar-refractivity contribution is -0.272. The second-order valence-corrected chi connectivity index (χ2v) is 45.1. The van der Waals surface area contributed by atoms with Crippen molar-refractivity contribution >= 4 is 68.2 Å². The zero-order chi connectivity index (χ0) is 97.5. The third-order valence-electron chi connectivity index (χ3n) is 26.0. The molecule has 4 aromatic rings. The Morgan fingerprint density at radius 1 is 0.393 bits per heavy atom. The molecule has 0 aliphatic carbocycles. The summed E-state index contributed by atoms with van der Waals surface area (Å²) in [5.74, 6) is -4.75. The predicted octanol–water partition coefficient (Wildman–Crippen LogP) is 27.7. The molecule has 1 heterocycles. The van der Waals surface area contributed by atoms with Crippen molar-refractivity contribution in [2.75, 3.05) is 13.2 Å². The highest BCUT2D eigenvalue weighted by Crippen LogP contribution is 2.54. The van der Waals surface area contributed by atoms with Crippen LogP contribution in [0.3, 0.4) is 0 Å². The fraction of sp³-hybridized carbons (Fsp3) is 0.723. The number of unbranched alkanes of at least 4 members (excludes halogenated alkanes) is 42. The maximum atomic E-state index is 16.7. The van der Waals surface area contributed by atoms with Crippen LogP contribution < -0.4 is 21.0 Å². The molecule has 1 saturated heterocycles. The van der Waals surface area contributed by atoms with Gasteiger partial charge in [-0.15, -0.1) is 0 Å². The summed E-state index contributed by atoms with van der Waals surface area (Å²) in [6.07, 6.45) is 38.7. The van der Waals surface area contributed by atoms with Crippen molar-refractivity contribution in [3.63, 3.8) is 0 Å². The maximum Gasteiger partial charge on any atom is 0.475 e. The van der Waals surface area contributed by atoms with Gasteiger partial charge in [-0.1, -0.05) is 453 Å². The first kappa shape index (κ1) is 119. The maximum absolute atomic E-state index is 16.7. The molecular formula is C112H183N2O19PSi. The summed E-state index contributed by atoms with van der Waals surface area (Å²) in [5, 5.41) is 18.2. The molecule has 3 N–H and O–H groups in total. The first-order chi connectivity index (χ1) is 65.6. The van der Waals surface area contributed by atoms with Crippen molar-refractivity contribution in [2.45, 2.75) is 508 Å². The van der Waals surface area contributed by atoms with Gasteiger partial charge in [0.1, 0.15) is 36.6 Å². The van der Waals surface area contributed by atoms with Gasteiger partial charge >= 0.3 is 37.7 Å². The minimum absolute atomic E-state index is 0.138. The molecule has 1 aliphatic rings. The lowest BCUT2D eigenvalue weighted by Gasteiger charge is -2.48. The van der Waals surface area contributed by atoms with Gasteiger partial charge in [-0.05, 0) is 84.3 Å². The van der Waals surface area contributed by atoms with Crippen molar-refractivity contribution in [1.29, 1.82) is 0 Å². The molecule has 21 nitrogen and oxygen atoms in total. The molecule has 0 saturated carbocycles. The van der Waals surface area contributed by atoms with E-state index in [2.05, 4.69) is 72.9 Å².